The predicted molar refractivity (Wildman–Crippen MR) is 93.9 cm³/mol. The topological polar surface area (TPSA) is 48.3 Å². The van der Waals surface area contributed by atoms with Crippen molar-refractivity contribution >= 4 is 18.9 Å². The summed E-state index contributed by atoms with van der Waals surface area (Å²) >= 11 is 0. The first-order valence-electron chi connectivity index (χ1n) is 7.66. The van der Waals surface area contributed by atoms with Gasteiger partial charge < -0.3 is 19.4 Å². The van der Waals surface area contributed by atoms with Gasteiger partial charge in [0.05, 0.1) is 18.0 Å². The van der Waals surface area contributed by atoms with E-state index in [1.165, 1.54) is 5.56 Å². The minimum atomic E-state index is 0.618. The Labute approximate surface area is 136 Å². The van der Waals surface area contributed by atoms with Crippen molar-refractivity contribution in [1.29, 1.82) is 0 Å². The molecule has 118 valence electrons. The number of aromatic nitrogens is 2. The third-order valence-electron chi connectivity index (χ3n) is 3.70. The van der Waals surface area contributed by atoms with E-state index in [0.29, 0.717) is 12.5 Å². The Morgan fingerprint density at radius 1 is 1.17 bits per heavy atom. The van der Waals surface area contributed by atoms with E-state index in [2.05, 4.69) is 22.5 Å². The van der Waals surface area contributed by atoms with Gasteiger partial charge in [-0.25, -0.2) is 0 Å². The number of fused-ring (bicyclic) bond motifs is 1. The summed E-state index contributed by atoms with van der Waals surface area (Å²) in [6.45, 7) is 2.26. The maximum absolute atomic E-state index is 5.81. The van der Waals surface area contributed by atoms with E-state index in [4.69, 9.17) is 9.47 Å². The first-order chi connectivity index (χ1) is 11.3. The Morgan fingerprint density at radius 2 is 2.00 bits per heavy atom. The molecule has 6 heteroatoms. The fraction of sp³-hybridized carbons (Fsp3) is 0.235. The third kappa shape index (κ3) is 3.66. The zero-order chi connectivity index (χ0) is 16.1. The molecule has 0 spiro atoms. The number of hydrogen-bond donors (Lipinski definition) is 1. The molecule has 0 amide bonds. The quantitative estimate of drug-likeness (QED) is 0.532. The van der Waals surface area contributed by atoms with Crippen molar-refractivity contribution < 1.29 is 9.47 Å². The van der Waals surface area contributed by atoms with Gasteiger partial charge in [-0.1, -0.05) is 30.3 Å². The molecule has 0 saturated heterocycles. The molecule has 0 radical (unpaired) electrons. The Hall–Kier alpha value is -2.47. The van der Waals surface area contributed by atoms with Crippen LogP contribution in [-0.2, 0) is 6.54 Å². The van der Waals surface area contributed by atoms with Crippen LogP contribution < -0.4 is 14.8 Å². The second-order valence-electron chi connectivity index (χ2n) is 5.32. The fourth-order valence-corrected chi connectivity index (χ4v) is 2.51. The monoisotopic (exact) mass is 309 g/mol. The van der Waals surface area contributed by atoms with E-state index in [-0.39, 0.29) is 0 Å². The molecule has 0 unspecified atom stereocenters. The molecule has 0 aliphatic rings. The van der Waals surface area contributed by atoms with Gasteiger partial charge in [-0.2, -0.15) is 0 Å². The van der Waals surface area contributed by atoms with Crippen molar-refractivity contribution in [2.24, 2.45) is 0 Å². The van der Waals surface area contributed by atoms with Crippen LogP contribution in [0.25, 0.3) is 10.9 Å². The second kappa shape index (κ2) is 7.20. The van der Waals surface area contributed by atoms with Crippen LogP contribution in [0.5, 0.6) is 11.6 Å². The average Bonchev–Trinajstić information content (AvgIpc) is 2.91. The van der Waals surface area contributed by atoms with Crippen molar-refractivity contribution in [3.63, 3.8) is 0 Å². The van der Waals surface area contributed by atoms with Gasteiger partial charge in [0.15, 0.2) is 0 Å². The molecule has 1 heterocycles. The van der Waals surface area contributed by atoms with Crippen molar-refractivity contribution in [2.45, 2.75) is 6.54 Å². The number of nitrogens with zero attached hydrogens (tertiary/aromatic N) is 2. The highest BCUT2D eigenvalue weighted by atomic mass is 16.5. The van der Waals surface area contributed by atoms with Gasteiger partial charge >= 0.3 is 0 Å². The number of nitrogens with one attached hydrogen (secondary N) is 1. The number of rotatable bonds is 7. The van der Waals surface area contributed by atoms with Crippen LogP contribution in [0.15, 0.2) is 48.5 Å². The molecule has 23 heavy (non-hydrogen) atoms. The van der Waals surface area contributed by atoms with E-state index in [1.54, 1.807) is 11.7 Å². The zero-order valence-electron chi connectivity index (χ0n) is 13.5. The molecule has 0 fully saturated rings. The smallest absolute Gasteiger partial charge is 0.249 e. The van der Waals surface area contributed by atoms with Crippen LogP contribution >= 0.6 is 0 Å². The predicted octanol–water partition coefficient (Wildman–Crippen LogP) is 1.61. The number of methoxy groups -OCH3 is 1. The Kier molecular flexibility index (Phi) is 4.83. The fourth-order valence-electron chi connectivity index (χ4n) is 2.51. The summed E-state index contributed by atoms with van der Waals surface area (Å²) in [5.41, 5.74) is 2.27. The lowest BCUT2D eigenvalue weighted by molar-refractivity contribution is 0.314. The van der Waals surface area contributed by atoms with Crippen LogP contribution in [-0.4, -0.2) is 37.9 Å². The summed E-state index contributed by atoms with van der Waals surface area (Å²) in [7, 11) is 3.53. The second-order valence-corrected chi connectivity index (χ2v) is 5.32. The standard InChI is InChI=1S/C17H20BN3O2/c1-22-17-15-8-7-14(11-16(15)21(18)20-17)23-10-9-19-12-13-5-3-2-4-6-13/h2-8,11,19H,9-10,12,18H2,1H3. The Bertz CT molecular complexity index is 774. The van der Waals surface area contributed by atoms with Crippen molar-refractivity contribution in [3.8, 4) is 11.6 Å². The van der Waals surface area contributed by atoms with Crippen LogP contribution in [0.2, 0.25) is 0 Å². The van der Waals surface area contributed by atoms with E-state index in [0.717, 1.165) is 29.7 Å². The lowest BCUT2D eigenvalue weighted by Gasteiger charge is -2.08. The maximum Gasteiger partial charge on any atom is 0.249 e. The molecule has 0 aliphatic heterocycles. The van der Waals surface area contributed by atoms with Crippen LogP contribution in [0.3, 0.4) is 0 Å². The summed E-state index contributed by atoms with van der Waals surface area (Å²) in [4.78, 5) is 0. The molecule has 0 aliphatic carbocycles. The van der Waals surface area contributed by atoms with Gasteiger partial charge in [0, 0.05) is 19.2 Å². The SMILES string of the molecule is Bn1nc(OC)c2ccc(OCCNCc3ccccc3)cc21. The minimum absolute atomic E-state index is 0.618. The van der Waals surface area contributed by atoms with Crippen LogP contribution in [0.1, 0.15) is 5.56 Å². The lowest BCUT2D eigenvalue weighted by Crippen LogP contribution is -2.20. The molecular weight excluding hydrogens is 289 g/mol. The first kappa shape index (κ1) is 15.4. The molecular formula is C17H20BN3O2. The summed E-state index contributed by atoms with van der Waals surface area (Å²) < 4.78 is 12.9. The molecule has 3 rings (SSSR count). The lowest BCUT2D eigenvalue weighted by atomic mass is 10.2. The zero-order valence-corrected chi connectivity index (χ0v) is 13.5. The third-order valence-corrected chi connectivity index (χ3v) is 3.70. The molecule has 1 aromatic heterocycles. The maximum atomic E-state index is 5.81. The minimum Gasteiger partial charge on any atom is -0.492 e. The highest BCUT2D eigenvalue weighted by Gasteiger charge is 2.09. The molecule has 2 aromatic carbocycles. The highest BCUT2D eigenvalue weighted by molar-refractivity contribution is 6.11. The normalized spacial score (nSPS) is 10.8. The number of benzene rings is 2. The molecule has 0 saturated carbocycles. The molecule has 1 N–H and O–H groups in total. The van der Waals surface area contributed by atoms with Gasteiger partial charge in [-0.3, -0.25) is 0 Å². The van der Waals surface area contributed by atoms with Gasteiger partial charge in [0.1, 0.15) is 12.4 Å². The molecule has 5 nitrogen and oxygen atoms in total. The highest BCUT2D eigenvalue weighted by Crippen LogP contribution is 2.27. The van der Waals surface area contributed by atoms with Gasteiger partial charge in [0.2, 0.25) is 13.9 Å². The van der Waals surface area contributed by atoms with Crippen molar-refractivity contribution in [1.82, 2.24) is 15.0 Å². The number of hydrogen-bond acceptors (Lipinski definition) is 4. The van der Waals surface area contributed by atoms with Gasteiger partial charge in [-0.15, -0.1) is 5.10 Å². The van der Waals surface area contributed by atoms with Crippen molar-refractivity contribution in [3.05, 3.63) is 54.1 Å². The summed E-state index contributed by atoms with van der Waals surface area (Å²) in [6, 6.07) is 16.3. The molecule has 0 atom stereocenters. The Balaban J connectivity index is 1.52. The molecule has 0 bridgehead atoms. The van der Waals surface area contributed by atoms with E-state index < -0.39 is 0 Å². The van der Waals surface area contributed by atoms with Gasteiger partial charge in [-0.05, 0) is 17.7 Å². The summed E-state index contributed by atoms with van der Waals surface area (Å²) in [5, 5.41) is 8.68. The summed E-state index contributed by atoms with van der Waals surface area (Å²) in [5.74, 6) is 1.48. The van der Waals surface area contributed by atoms with E-state index in [9.17, 15) is 0 Å². The summed E-state index contributed by atoms with van der Waals surface area (Å²) in [6.07, 6.45) is 0. The van der Waals surface area contributed by atoms with E-state index >= 15 is 0 Å². The molecule has 3 aromatic rings. The van der Waals surface area contributed by atoms with E-state index in [1.807, 2.05) is 44.4 Å². The first-order valence-corrected chi connectivity index (χ1v) is 7.66. The largest absolute Gasteiger partial charge is 0.492 e. The average molecular weight is 309 g/mol. The Morgan fingerprint density at radius 3 is 2.78 bits per heavy atom. The van der Waals surface area contributed by atoms with Crippen LogP contribution in [0.4, 0.5) is 0 Å². The van der Waals surface area contributed by atoms with Crippen LogP contribution in [0, 0.1) is 0 Å². The van der Waals surface area contributed by atoms with Gasteiger partial charge in [0.25, 0.3) is 0 Å². The van der Waals surface area contributed by atoms with Crippen molar-refractivity contribution in [2.75, 3.05) is 20.3 Å². The number of ether oxygens (including phenoxy) is 2.